The maximum absolute atomic E-state index is 9.75. The molecule has 0 amide bonds. The zero-order valence-electron chi connectivity index (χ0n) is 14.7. The molecule has 1 fully saturated rings. The van der Waals surface area contributed by atoms with Crippen LogP contribution in [-0.2, 0) is 0 Å². The fourth-order valence-electron chi connectivity index (χ4n) is 3.38. The van der Waals surface area contributed by atoms with Crippen LogP contribution in [0.25, 0.3) is 0 Å². The van der Waals surface area contributed by atoms with E-state index in [0.717, 1.165) is 44.8 Å². The summed E-state index contributed by atoms with van der Waals surface area (Å²) in [6.45, 7) is 9.16. The Balaban J connectivity index is 2.28. The second-order valence-electron chi connectivity index (χ2n) is 6.86. The Morgan fingerprint density at radius 1 is 1.38 bits per heavy atom. The molecular weight excluding hydrogens is 262 g/mol. The summed E-state index contributed by atoms with van der Waals surface area (Å²) < 4.78 is 0. The first-order valence-electron chi connectivity index (χ1n) is 8.81. The number of likely N-dealkylation sites (N-methyl/N-ethyl adjacent to an activating group) is 2. The Bertz CT molecular complexity index is 269. The Labute approximate surface area is 131 Å². The van der Waals surface area contributed by atoms with Crippen LogP contribution in [0, 0.1) is 0 Å². The van der Waals surface area contributed by atoms with Gasteiger partial charge in [-0.1, -0.05) is 13.8 Å². The number of likely N-dealkylation sites (tertiary alicyclic amines) is 1. The van der Waals surface area contributed by atoms with Crippen LogP contribution in [0.15, 0.2) is 0 Å². The molecule has 126 valence electrons. The predicted molar refractivity (Wildman–Crippen MR) is 90.8 cm³/mol. The van der Waals surface area contributed by atoms with E-state index in [1.807, 2.05) is 0 Å². The molecule has 4 heteroatoms. The molecular formula is C17H37N3O. The van der Waals surface area contributed by atoms with Crippen molar-refractivity contribution in [2.24, 2.45) is 0 Å². The number of hydrogen-bond donors (Lipinski definition) is 2. The van der Waals surface area contributed by atoms with E-state index in [4.69, 9.17) is 0 Å². The van der Waals surface area contributed by atoms with Crippen LogP contribution in [0.3, 0.4) is 0 Å². The lowest BCUT2D eigenvalue weighted by atomic mass is 9.91. The van der Waals surface area contributed by atoms with Gasteiger partial charge < -0.3 is 20.2 Å². The highest BCUT2D eigenvalue weighted by atomic mass is 16.3. The third-order valence-electron chi connectivity index (χ3n) is 5.12. The Morgan fingerprint density at radius 2 is 2.14 bits per heavy atom. The third-order valence-corrected chi connectivity index (χ3v) is 5.12. The Kier molecular flexibility index (Phi) is 8.79. The van der Waals surface area contributed by atoms with E-state index in [-0.39, 0.29) is 12.1 Å². The number of aliphatic hydroxyl groups is 1. The van der Waals surface area contributed by atoms with E-state index >= 15 is 0 Å². The van der Waals surface area contributed by atoms with Crippen molar-refractivity contribution in [3.05, 3.63) is 0 Å². The molecule has 1 rings (SSSR count). The summed E-state index contributed by atoms with van der Waals surface area (Å²) >= 11 is 0. The second kappa shape index (κ2) is 9.78. The predicted octanol–water partition coefficient (Wildman–Crippen LogP) is 1.93. The van der Waals surface area contributed by atoms with Crippen molar-refractivity contribution >= 4 is 0 Å². The summed E-state index contributed by atoms with van der Waals surface area (Å²) in [6.07, 6.45) is 7.02. The van der Waals surface area contributed by atoms with Crippen molar-refractivity contribution in [2.75, 3.05) is 46.9 Å². The molecule has 0 aliphatic carbocycles. The van der Waals surface area contributed by atoms with Gasteiger partial charge in [-0.25, -0.2) is 0 Å². The van der Waals surface area contributed by atoms with Crippen LogP contribution >= 0.6 is 0 Å². The topological polar surface area (TPSA) is 38.7 Å². The molecule has 0 bridgehead atoms. The van der Waals surface area contributed by atoms with Crippen molar-refractivity contribution in [3.63, 3.8) is 0 Å². The van der Waals surface area contributed by atoms with Gasteiger partial charge in [0.25, 0.3) is 0 Å². The first kappa shape index (κ1) is 18.9. The van der Waals surface area contributed by atoms with E-state index in [1.165, 1.54) is 25.9 Å². The zero-order chi connectivity index (χ0) is 15.7. The lowest BCUT2D eigenvalue weighted by Crippen LogP contribution is -2.48. The van der Waals surface area contributed by atoms with Gasteiger partial charge in [0.2, 0.25) is 0 Å². The first-order chi connectivity index (χ1) is 10.1. The summed E-state index contributed by atoms with van der Waals surface area (Å²) in [7, 11) is 4.48. The Morgan fingerprint density at radius 3 is 2.67 bits per heavy atom. The molecule has 0 aromatic carbocycles. The molecule has 1 saturated heterocycles. The van der Waals surface area contributed by atoms with Crippen LogP contribution in [0.1, 0.15) is 52.4 Å². The van der Waals surface area contributed by atoms with Gasteiger partial charge in [-0.2, -0.15) is 0 Å². The largest absolute Gasteiger partial charge is 0.394 e. The molecule has 0 aromatic heterocycles. The fraction of sp³-hybridized carbons (Fsp3) is 1.00. The van der Waals surface area contributed by atoms with Gasteiger partial charge in [-0.3, -0.25) is 0 Å². The maximum atomic E-state index is 9.75. The minimum Gasteiger partial charge on any atom is -0.394 e. The number of nitrogens with one attached hydrogen (secondary N) is 1. The lowest BCUT2D eigenvalue weighted by molar-refractivity contribution is 0.137. The average molecular weight is 300 g/mol. The van der Waals surface area contributed by atoms with Crippen molar-refractivity contribution in [1.29, 1.82) is 0 Å². The molecule has 0 aromatic rings. The number of hydrogen-bond acceptors (Lipinski definition) is 4. The molecule has 2 N–H and O–H groups in total. The summed E-state index contributed by atoms with van der Waals surface area (Å²) in [5.41, 5.74) is -0.0685. The number of nitrogens with zero attached hydrogens (tertiary/aromatic N) is 2. The van der Waals surface area contributed by atoms with Crippen molar-refractivity contribution in [3.8, 4) is 0 Å². The molecule has 4 nitrogen and oxygen atoms in total. The van der Waals surface area contributed by atoms with E-state index in [1.54, 1.807) is 0 Å². The molecule has 1 aliphatic rings. The highest BCUT2D eigenvalue weighted by Gasteiger charge is 2.26. The lowest BCUT2D eigenvalue weighted by Gasteiger charge is -2.33. The molecule has 2 unspecified atom stereocenters. The highest BCUT2D eigenvalue weighted by Crippen LogP contribution is 2.19. The molecule has 1 heterocycles. The molecule has 2 atom stereocenters. The monoisotopic (exact) mass is 299 g/mol. The van der Waals surface area contributed by atoms with Crippen LogP contribution in [0.4, 0.5) is 0 Å². The highest BCUT2D eigenvalue weighted by molar-refractivity contribution is 4.86. The summed E-state index contributed by atoms with van der Waals surface area (Å²) in [4.78, 5) is 4.95. The third kappa shape index (κ3) is 6.23. The standard InChI is InChI=1S/C17H37N3O/c1-5-11-18-17(6-2,15-21)10-8-12-19(3)14-16-9-7-13-20(16)4/h16,18,21H,5-15H2,1-4H3. The van der Waals surface area contributed by atoms with Gasteiger partial charge in [-0.15, -0.1) is 0 Å². The molecule has 21 heavy (non-hydrogen) atoms. The van der Waals surface area contributed by atoms with E-state index in [2.05, 4.69) is 43.1 Å². The van der Waals surface area contributed by atoms with Gasteiger partial charge in [0.05, 0.1) is 6.61 Å². The van der Waals surface area contributed by atoms with Crippen LogP contribution in [0.2, 0.25) is 0 Å². The minimum absolute atomic E-state index is 0.0685. The fourth-order valence-corrected chi connectivity index (χ4v) is 3.38. The molecule has 0 radical (unpaired) electrons. The smallest absolute Gasteiger partial charge is 0.0613 e. The first-order valence-corrected chi connectivity index (χ1v) is 8.81. The Hall–Kier alpha value is -0.160. The van der Waals surface area contributed by atoms with Crippen LogP contribution < -0.4 is 5.32 Å². The number of rotatable bonds is 11. The maximum Gasteiger partial charge on any atom is 0.0613 e. The minimum atomic E-state index is -0.0685. The van der Waals surface area contributed by atoms with Crippen LogP contribution in [-0.4, -0.2) is 73.4 Å². The molecule has 0 saturated carbocycles. The average Bonchev–Trinajstić information content (AvgIpc) is 2.88. The summed E-state index contributed by atoms with van der Waals surface area (Å²) in [6, 6.07) is 0.738. The van der Waals surface area contributed by atoms with Gasteiger partial charge in [0.15, 0.2) is 0 Å². The van der Waals surface area contributed by atoms with Gasteiger partial charge >= 0.3 is 0 Å². The van der Waals surface area contributed by atoms with Crippen molar-refractivity contribution in [2.45, 2.75) is 64.0 Å². The normalized spacial score (nSPS) is 22.9. The summed E-state index contributed by atoms with van der Waals surface area (Å²) in [5.74, 6) is 0. The molecule has 0 spiro atoms. The van der Waals surface area contributed by atoms with Crippen LogP contribution in [0.5, 0.6) is 0 Å². The van der Waals surface area contributed by atoms with E-state index in [9.17, 15) is 5.11 Å². The van der Waals surface area contributed by atoms with E-state index < -0.39 is 0 Å². The molecule has 1 aliphatic heterocycles. The zero-order valence-corrected chi connectivity index (χ0v) is 14.7. The quantitative estimate of drug-likeness (QED) is 0.611. The number of aliphatic hydroxyl groups excluding tert-OH is 1. The van der Waals surface area contributed by atoms with Gasteiger partial charge in [-0.05, 0) is 72.3 Å². The SMILES string of the molecule is CCCNC(CC)(CO)CCCN(C)CC1CCCN1C. The summed E-state index contributed by atoms with van der Waals surface area (Å²) in [5, 5.41) is 13.3. The van der Waals surface area contributed by atoms with E-state index in [0.29, 0.717) is 0 Å². The van der Waals surface area contributed by atoms with Crippen molar-refractivity contribution in [1.82, 2.24) is 15.1 Å². The van der Waals surface area contributed by atoms with Gasteiger partial charge in [0, 0.05) is 18.1 Å². The van der Waals surface area contributed by atoms with Crippen molar-refractivity contribution < 1.29 is 5.11 Å². The second-order valence-corrected chi connectivity index (χ2v) is 6.86. The van der Waals surface area contributed by atoms with Gasteiger partial charge in [0.1, 0.15) is 0 Å².